The standard InChI is InChI=1S/C18H33NO2/c1-2-19-17(16-8-4-7-12-20-16)15-9-13-21-18(14-15)10-5-3-6-11-18/h15-17,19H,2-14H2,1H3. The maximum Gasteiger partial charge on any atom is 0.0730 e. The van der Waals surface area contributed by atoms with E-state index < -0.39 is 0 Å². The average molecular weight is 295 g/mol. The second-order valence-corrected chi connectivity index (χ2v) is 7.33. The largest absolute Gasteiger partial charge is 0.377 e. The van der Waals surface area contributed by atoms with Crippen LogP contribution in [0.1, 0.15) is 71.1 Å². The predicted molar refractivity (Wildman–Crippen MR) is 85.5 cm³/mol. The van der Waals surface area contributed by atoms with Crippen molar-refractivity contribution in [2.75, 3.05) is 19.8 Å². The molecule has 21 heavy (non-hydrogen) atoms. The van der Waals surface area contributed by atoms with Crippen molar-refractivity contribution in [1.82, 2.24) is 5.32 Å². The highest BCUT2D eigenvalue weighted by Crippen LogP contribution is 2.42. The molecule has 2 heterocycles. The lowest BCUT2D eigenvalue weighted by molar-refractivity contribution is -0.132. The van der Waals surface area contributed by atoms with Gasteiger partial charge in [-0.2, -0.15) is 0 Å². The van der Waals surface area contributed by atoms with Gasteiger partial charge in [0, 0.05) is 19.3 Å². The van der Waals surface area contributed by atoms with E-state index in [-0.39, 0.29) is 5.60 Å². The van der Waals surface area contributed by atoms with E-state index in [0.29, 0.717) is 12.1 Å². The van der Waals surface area contributed by atoms with Crippen molar-refractivity contribution in [2.24, 2.45) is 5.92 Å². The molecule has 1 aliphatic carbocycles. The number of ether oxygens (including phenoxy) is 2. The van der Waals surface area contributed by atoms with E-state index in [1.165, 1.54) is 64.2 Å². The van der Waals surface area contributed by atoms with Crippen LogP contribution in [0.4, 0.5) is 0 Å². The first kappa shape index (κ1) is 15.8. The zero-order valence-electron chi connectivity index (χ0n) is 13.7. The Morgan fingerprint density at radius 3 is 2.62 bits per heavy atom. The summed E-state index contributed by atoms with van der Waals surface area (Å²) < 4.78 is 12.4. The molecule has 3 unspecified atom stereocenters. The average Bonchev–Trinajstić information content (AvgIpc) is 2.54. The topological polar surface area (TPSA) is 30.5 Å². The Morgan fingerprint density at radius 2 is 1.90 bits per heavy atom. The monoisotopic (exact) mass is 295 g/mol. The quantitative estimate of drug-likeness (QED) is 0.858. The Hall–Kier alpha value is -0.120. The van der Waals surface area contributed by atoms with E-state index in [2.05, 4.69) is 12.2 Å². The summed E-state index contributed by atoms with van der Waals surface area (Å²) in [6.45, 7) is 5.20. The van der Waals surface area contributed by atoms with Crippen molar-refractivity contribution in [1.29, 1.82) is 0 Å². The minimum absolute atomic E-state index is 0.212. The van der Waals surface area contributed by atoms with Gasteiger partial charge >= 0.3 is 0 Å². The molecule has 2 aliphatic heterocycles. The Labute approximate surface area is 130 Å². The van der Waals surface area contributed by atoms with Gasteiger partial charge in [-0.15, -0.1) is 0 Å². The molecular formula is C18H33NO2. The van der Waals surface area contributed by atoms with Gasteiger partial charge in [-0.25, -0.2) is 0 Å². The molecule has 0 aromatic heterocycles. The van der Waals surface area contributed by atoms with Crippen LogP contribution in [0.15, 0.2) is 0 Å². The van der Waals surface area contributed by atoms with Crippen molar-refractivity contribution in [3.8, 4) is 0 Å². The van der Waals surface area contributed by atoms with Crippen LogP contribution < -0.4 is 5.32 Å². The van der Waals surface area contributed by atoms with E-state index in [1.807, 2.05) is 0 Å². The molecule has 0 amide bonds. The molecule has 122 valence electrons. The zero-order chi connectivity index (χ0) is 14.5. The van der Waals surface area contributed by atoms with Gasteiger partial charge in [0.05, 0.1) is 11.7 Å². The third-order valence-corrected chi connectivity index (χ3v) is 5.86. The van der Waals surface area contributed by atoms with E-state index in [1.54, 1.807) is 0 Å². The molecule has 2 saturated heterocycles. The molecule has 0 bridgehead atoms. The highest BCUT2D eigenvalue weighted by molar-refractivity contribution is 4.95. The molecule has 1 saturated carbocycles. The summed E-state index contributed by atoms with van der Waals surface area (Å²) in [5.74, 6) is 0.736. The van der Waals surface area contributed by atoms with Gasteiger partial charge < -0.3 is 14.8 Å². The zero-order valence-corrected chi connectivity index (χ0v) is 13.7. The van der Waals surface area contributed by atoms with Gasteiger partial charge in [0.2, 0.25) is 0 Å². The lowest BCUT2D eigenvalue weighted by atomic mass is 9.73. The molecule has 3 atom stereocenters. The molecule has 1 N–H and O–H groups in total. The summed E-state index contributed by atoms with van der Waals surface area (Å²) >= 11 is 0. The Morgan fingerprint density at radius 1 is 1.05 bits per heavy atom. The van der Waals surface area contributed by atoms with E-state index in [9.17, 15) is 0 Å². The molecule has 3 aliphatic rings. The van der Waals surface area contributed by atoms with E-state index in [0.717, 1.165) is 25.7 Å². The van der Waals surface area contributed by atoms with Gasteiger partial charge in [0.1, 0.15) is 0 Å². The summed E-state index contributed by atoms with van der Waals surface area (Å²) in [5, 5.41) is 3.76. The first-order valence-corrected chi connectivity index (χ1v) is 9.32. The fraction of sp³-hybridized carbons (Fsp3) is 1.00. The Kier molecular flexibility index (Phi) is 5.58. The van der Waals surface area contributed by atoms with Crippen molar-refractivity contribution in [3.05, 3.63) is 0 Å². The first-order valence-electron chi connectivity index (χ1n) is 9.32. The predicted octanol–water partition coefficient (Wildman–Crippen LogP) is 3.66. The minimum Gasteiger partial charge on any atom is -0.377 e. The van der Waals surface area contributed by atoms with Gasteiger partial charge in [0.15, 0.2) is 0 Å². The van der Waals surface area contributed by atoms with Crippen LogP contribution >= 0.6 is 0 Å². The number of hydrogen-bond donors (Lipinski definition) is 1. The van der Waals surface area contributed by atoms with Crippen LogP contribution in [-0.4, -0.2) is 37.5 Å². The minimum atomic E-state index is 0.212. The highest BCUT2D eigenvalue weighted by Gasteiger charge is 2.42. The highest BCUT2D eigenvalue weighted by atomic mass is 16.5. The van der Waals surface area contributed by atoms with Gasteiger partial charge in [-0.05, 0) is 57.4 Å². The maximum atomic E-state index is 6.28. The van der Waals surface area contributed by atoms with Crippen molar-refractivity contribution >= 4 is 0 Å². The molecule has 0 radical (unpaired) electrons. The fourth-order valence-electron chi connectivity index (χ4n) is 4.80. The smallest absolute Gasteiger partial charge is 0.0730 e. The summed E-state index contributed by atoms with van der Waals surface area (Å²) in [5.41, 5.74) is 0.212. The molecule has 3 rings (SSSR count). The van der Waals surface area contributed by atoms with Gasteiger partial charge in [-0.1, -0.05) is 26.2 Å². The maximum absolute atomic E-state index is 6.28. The number of likely N-dealkylation sites (N-methyl/N-ethyl adjacent to an activating group) is 1. The Balaban J connectivity index is 1.66. The third kappa shape index (κ3) is 3.80. The lowest BCUT2D eigenvalue weighted by Crippen LogP contribution is -2.53. The third-order valence-electron chi connectivity index (χ3n) is 5.86. The fourth-order valence-corrected chi connectivity index (χ4v) is 4.80. The first-order chi connectivity index (χ1) is 10.3. The molecule has 3 nitrogen and oxygen atoms in total. The SMILES string of the molecule is CCNC(C1CCOC2(CCCCC2)C1)C1CCCCO1. The van der Waals surface area contributed by atoms with Gasteiger partial charge in [0.25, 0.3) is 0 Å². The second kappa shape index (κ2) is 7.43. The molecule has 1 spiro atoms. The molecule has 3 fully saturated rings. The summed E-state index contributed by atoms with van der Waals surface area (Å²) in [4.78, 5) is 0. The van der Waals surface area contributed by atoms with Crippen LogP contribution in [-0.2, 0) is 9.47 Å². The van der Waals surface area contributed by atoms with E-state index >= 15 is 0 Å². The number of hydrogen-bond acceptors (Lipinski definition) is 3. The molecule has 3 heteroatoms. The second-order valence-electron chi connectivity index (χ2n) is 7.33. The van der Waals surface area contributed by atoms with E-state index in [4.69, 9.17) is 9.47 Å². The lowest BCUT2D eigenvalue weighted by Gasteiger charge is -2.47. The summed E-state index contributed by atoms with van der Waals surface area (Å²) in [7, 11) is 0. The Bertz CT molecular complexity index is 303. The summed E-state index contributed by atoms with van der Waals surface area (Å²) in [6.07, 6.45) is 13.4. The molecule has 0 aromatic carbocycles. The molecular weight excluding hydrogens is 262 g/mol. The van der Waals surface area contributed by atoms with Crippen LogP contribution in [0.3, 0.4) is 0 Å². The van der Waals surface area contributed by atoms with Crippen molar-refractivity contribution < 1.29 is 9.47 Å². The van der Waals surface area contributed by atoms with Gasteiger partial charge in [-0.3, -0.25) is 0 Å². The van der Waals surface area contributed by atoms with Crippen LogP contribution in [0.5, 0.6) is 0 Å². The number of rotatable bonds is 4. The summed E-state index contributed by atoms with van der Waals surface area (Å²) in [6, 6.07) is 0.540. The van der Waals surface area contributed by atoms with Crippen molar-refractivity contribution in [3.63, 3.8) is 0 Å². The van der Waals surface area contributed by atoms with Crippen LogP contribution in [0, 0.1) is 5.92 Å². The van der Waals surface area contributed by atoms with Crippen LogP contribution in [0.2, 0.25) is 0 Å². The normalized spacial score (nSPS) is 34.7. The van der Waals surface area contributed by atoms with Crippen molar-refractivity contribution in [2.45, 2.75) is 88.9 Å². The number of nitrogens with one attached hydrogen (secondary N) is 1. The molecule has 0 aromatic rings. The van der Waals surface area contributed by atoms with Crippen LogP contribution in [0.25, 0.3) is 0 Å².